The number of aromatic hydroxyl groups is 1. The van der Waals surface area contributed by atoms with Crippen LogP contribution in [0.25, 0.3) is 10.8 Å². The van der Waals surface area contributed by atoms with Gasteiger partial charge < -0.3 is 15.2 Å². The summed E-state index contributed by atoms with van der Waals surface area (Å²) in [5.41, 5.74) is 1.71. The van der Waals surface area contributed by atoms with Crippen molar-refractivity contribution in [3.05, 3.63) is 69.8 Å². The van der Waals surface area contributed by atoms with Gasteiger partial charge in [0.25, 0.3) is 0 Å². The zero-order chi connectivity index (χ0) is 19.8. The molecule has 0 saturated heterocycles. The second-order valence-corrected chi connectivity index (χ2v) is 6.63. The minimum absolute atomic E-state index is 0.0412. The van der Waals surface area contributed by atoms with Gasteiger partial charge in [-0.05, 0) is 41.0 Å². The number of carbonyl (C=O) groups is 1. The molecule has 28 heavy (non-hydrogen) atoms. The molecule has 0 fully saturated rings. The van der Waals surface area contributed by atoms with Crippen LogP contribution in [0.5, 0.6) is 11.5 Å². The molecule has 1 aliphatic rings. The molecule has 4 rings (SSSR count). The summed E-state index contributed by atoms with van der Waals surface area (Å²) in [4.78, 5) is 23.1. The van der Waals surface area contributed by atoms with Crippen LogP contribution in [0.4, 0.5) is 11.4 Å². The quantitative estimate of drug-likeness (QED) is 0.520. The van der Waals surface area contributed by atoms with Gasteiger partial charge >= 0.3 is 5.69 Å². The second kappa shape index (κ2) is 6.84. The van der Waals surface area contributed by atoms with Crippen LogP contribution in [0.3, 0.4) is 0 Å². The summed E-state index contributed by atoms with van der Waals surface area (Å²) in [6.45, 7) is 1.98. The van der Waals surface area contributed by atoms with Crippen molar-refractivity contribution in [2.75, 3.05) is 11.9 Å². The molecule has 3 aromatic rings. The summed E-state index contributed by atoms with van der Waals surface area (Å²) in [7, 11) is 0. The number of anilines is 1. The highest BCUT2D eigenvalue weighted by molar-refractivity contribution is 6.01. The number of nitrogens with zero attached hydrogens (tertiary/aromatic N) is 1. The molecule has 3 aromatic carbocycles. The largest absolute Gasteiger partial charge is 0.500 e. The molecule has 0 aromatic heterocycles. The molecule has 0 saturated carbocycles. The minimum Gasteiger partial charge on any atom is -0.500 e. The van der Waals surface area contributed by atoms with Crippen LogP contribution in [0.2, 0.25) is 0 Å². The highest BCUT2D eigenvalue weighted by atomic mass is 16.6. The fourth-order valence-corrected chi connectivity index (χ4v) is 3.77. The van der Waals surface area contributed by atoms with Crippen molar-refractivity contribution >= 4 is 28.1 Å². The van der Waals surface area contributed by atoms with E-state index in [-0.39, 0.29) is 24.7 Å². The third kappa shape index (κ3) is 2.90. The molecule has 1 amide bonds. The molecule has 142 valence electrons. The summed E-state index contributed by atoms with van der Waals surface area (Å²) in [5.74, 6) is -1.02. The minimum atomic E-state index is -0.645. The first kappa shape index (κ1) is 17.8. The lowest BCUT2D eigenvalue weighted by Crippen LogP contribution is -2.23. The zero-order valence-corrected chi connectivity index (χ0v) is 15.1. The van der Waals surface area contributed by atoms with Gasteiger partial charge in [0.2, 0.25) is 11.7 Å². The Kier molecular flexibility index (Phi) is 4.35. The number of nitrogens with one attached hydrogen (secondary N) is 1. The van der Waals surface area contributed by atoms with Gasteiger partial charge in [-0.1, -0.05) is 30.3 Å². The summed E-state index contributed by atoms with van der Waals surface area (Å²) >= 11 is 0. The molecule has 7 heteroatoms. The van der Waals surface area contributed by atoms with Crippen LogP contribution in [-0.4, -0.2) is 22.5 Å². The number of nitro benzene ring substituents is 1. The Bertz CT molecular complexity index is 1110. The van der Waals surface area contributed by atoms with Gasteiger partial charge in [0.05, 0.1) is 11.5 Å². The van der Waals surface area contributed by atoms with Crippen LogP contribution in [0.1, 0.15) is 30.4 Å². The number of hydrogen-bond acceptors (Lipinski definition) is 5. The molecule has 2 N–H and O–H groups in total. The Morgan fingerprint density at radius 2 is 2.04 bits per heavy atom. The van der Waals surface area contributed by atoms with Crippen LogP contribution in [0.15, 0.2) is 48.5 Å². The lowest BCUT2D eigenvalue weighted by Gasteiger charge is -2.28. The van der Waals surface area contributed by atoms with Crippen molar-refractivity contribution in [2.45, 2.75) is 19.3 Å². The highest BCUT2D eigenvalue weighted by Crippen LogP contribution is 2.46. The summed E-state index contributed by atoms with van der Waals surface area (Å²) in [6.07, 6.45) is 0.147. The fourth-order valence-electron chi connectivity index (χ4n) is 3.77. The molecule has 0 spiro atoms. The Morgan fingerprint density at radius 3 is 2.79 bits per heavy atom. The molecule has 7 nitrogen and oxygen atoms in total. The normalized spacial score (nSPS) is 15.8. The van der Waals surface area contributed by atoms with E-state index in [1.54, 1.807) is 13.0 Å². The maximum absolute atomic E-state index is 12.3. The van der Waals surface area contributed by atoms with E-state index >= 15 is 0 Å². The van der Waals surface area contributed by atoms with Gasteiger partial charge in [-0.2, -0.15) is 0 Å². The first-order chi connectivity index (χ1) is 13.5. The van der Waals surface area contributed by atoms with Gasteiger partial charge in [0.1, 0.15) is 0 Å². The van der Waals surface area contributed by atoms with E-state index in [4.69, 9.17) is 4.74 Å². The average molecular weight is 378 g/mol. The van der Waals surface area contributed by atoms with E-state index in [0.29, 0.717) is 11.3 Å². The van der Waals surface area contributed by atoms with Crippen molar-refractivity contribution in [3.8, 4) is 11.5 Å². The lowest BCUT2D eigenvalue weighted by atomic mass is 9.81. The number of fused-ring (bicyclic) bond motifs is 3. The zero-order valence-electron chi connectivity index (χ0n) is 15.1. The predicted octanol–water partition coefficient (Wildman–Crippen LogP) is 4.33. The van der Waals surface area contributed by atoms with E-state index < -0.39 is 22.3 Å². The highest BCUT2D eigenvalue weighted by Gasteiger charge is 2.31. The van der Waals surface area contributed by atoms with E-state index in [9.17, 15) is 20.0 Å². The molecule has 0 unspecified atom stereocenters. The fraction of sp³-hybridized carbons (Fsp3) is 0.190. The van der Waals surface area contributed by atoms with E-state index in [1.165, 1.54) is 6.07 Å². The van der Waals surface area contributed by atoms with Gasteiger partial charge in [-0.3, -0.25) is 14.9 Å². The standard InChI is InChI=1S/C21H18N2O5/c1-2-28-18-10-13(9-17(21(18)25)23(26)27)15-11-19(24)22-16-8-7-12-5-3-4-6-14(12)20(15)16/h3-10,15,25H,2,11H2,1H3,(H,22,24)/t15-/m1/s1. The Labute approximate surface area is 160 Å². The maximum atomic E-state index is 12.3. The number of hydrogen-bond donors (Lipinski definition) is 2. The van der Waals surface area contributed by atoms with Gasteiger partial charge in [-0.15, -0.1) is 0 Å². The molecular formula is C21H18N2O5. The number of carbonyl (C=O) groups excluding carboxylic acids is 1. The van der Waals surface area contributed by atoms with Crippen molar-refractivity contribution < 1.29 is 19.6 Å². The number of ether oxygens (including phenoxy) is 1. The topological polar surface area (TPSA) is 102 Å². The van der Waals surface area contributed by atoms with Crippen molar-refractivity contribution in [1.82, 2.24) is 0 Å². The maximum Gasteiger partial charge on any atom is 0.314 e. The van der Waals surface area contributed by atoms with Gasteiger partial charge in [-0.25, -0.2) is 0 Å². The number of amides is 1. The van der Waals surface area contributed by atoms with E-state index in [2.05, 4.69) is 5.32 Å². The molecule has 0 radical (unpaired) electrons. The second-order valence-electron chi connectivity index (χ2n) is 6.63. The lowest BCUT2D eigenvalue weighted by molar-refractivity contribution is -0.386. The number of benzene rings is 3. The molecule has 1 atom stereocenters. The SMILES string of the molecule is CCOc1cc([C@H]2CC(=O)Nc3ccc4ccccc4c32)cc([N+](=O)[O-])c1O. The Hall–Kier alpha value is -3.61. The molecular weight excluding hydrogens is 360 g/mol. The third-order valence-corrected chi connectivity index (χ3v) is 4.96. The Balaban J connectivity index is 1.97. The van der Waals surface area contributed by atoms with E-state index in [0.717, 1.165) is 16.3 Å². The van der Waals surface area contributed by atoms with Gasteiger partial charge in [0.15, 0.2) is 5.75 Å². The van der Waals surface area contributed by atoms with Crippen molar-refractivity contribution in [2.24, 2.45) is 0 Å². The first-order valence-electron chi connectivity index (χ1n) is 8.95. The number of rotatable bonds is 4. The van der Waals surface area contributed by atoms with Crippen molar-refractivity contribution in [3.63, 3.8) is 0 Å². The summed E-state index contributed by atoms with van der Waals surface area (Å²) < 4.78 is 5.41. The number of phenols is 1. The van der Waals surface area contributed by atoms with Crippen molar-refractivity contribution in [1.29, 1.82) is 0 Å². The summed E-state index contributed by atoms with van der Waals surface area (Å²) in [5, 5.41) is 26.5. The number of phenolic OH excluding ortho intramolecular Hbond substituents is 1. The molecule has 0 aliphatic carbocycles. The third-order valence-electron chi connectivity index (χ3n) is 4.96. The average Bonchev–Trinajstić information content (AvgIpc) is 2.68. The molecule has 1 heterocycles. The van der Waals surface area contributed by atoms with Crippen LogP contribution >= 0.6 is 0 Å². The first-order valence-corrected chi connectivity index (χ1v) is 8.95. The van der Waals surface area contributed by atoms with E-state index in [1.807, 2.05) is 36.4 Å². The van der Waals surface area contributed by atoms with Crippen LogP contribution < -0.4 is 10.1 Å². The monoisotopic (exact) mass is 378 g/mol. The predicted molar refractivity (Wildman–Crippen MR) is 105 cm³/mol. The van der Waals surface area contributed by atoms with Crippen LogP contribution in [0, 0.1) is 10.1 Å². The Morgan fingerprint density at radius 1 is 1.25 bits per heavy atom. The molecule has 0 bridgehead atoms. The summed E-state index contributed by atoms with van der Waals surface area (Å²) in [6, 6.07) is 14.5. The molecule has 1 aliphatic heterocycles. The van der Waals surface area contributed by atoms with Crippen LogP contribution in [-0.2, 0) is 4.79 Å². The smallest absolute Gasteiger partial charge is 0.314 e. The number of nitro groups is 1. The van der Waals surface area contributed by atoms with Gasteiger partial charge in [0, 0.05) is 24.1 Å².